The van der Waals surface area contributed by atoms with Crippen LogP contribution in [0.15, 0.2) is 0 Å². The molecule has 1 unspecified atom stereocenters. The molecule has 2 N–H and O–H groups in total. The van der Waals surface area contributed by atoms with E-state index in [9.17, 15) is 9.59 Å². The summed E-state index contributed by atoms with van der Waals surface area (Å²) in [5.74, 6) is -0.395. The number of carbonyl (C=O) groups is 2. The van der Waals surface area contributed by atoms with Crippen molar-refractivity contribution in [3.63, 3.8) is 0 Å². The summed E-state index contributed by atoms with van der Waals surface area (Å²) in [7, 11) is 0. The summed E-state index contributed by atoms with van der Waals surface area (Å²) >= 11 is 0. The maximum Gasteiger partial charge on any atom is 0.323 e. The molecule has 0 heterocycles. The molecule has 0 aliphatic carbocycles. The fourth-order valence-corrected chi connectivity index (χ4v) is 1.27. The lowest BCUT2D eigenvalue weighted by atomic mass is 10.0. The Morgan fingerprint density at radius 3 is 2.50 bits per heavy atom. The number of hydrogen-bond donors (Lipinski definition) is 1. The van der Waals surface area contributed by atoms with Gasteiger partial charge >= 0.3 is 5.97 Å². The Kier molecular flexibility index (Phi) is 7.81. The lowest BCUT2D eigenvalue weighted by Gasteiger charge is -2.19. The van der Waals surface area contributed by atoms with E-state index in [1.165, 1.54) is 0 Å². The molecule has 0 radical (unpaired) electrons. The van der Waals surface area contributed by atoms with Crippen LogP contribution in [0.1, 0.15) is 46.5 Å². The third-order valence-corrected chi connectivity index (χ3v) is 2.79. The van der Waals surface area contributed by atoms with Gasteiger partial charge in [0.1, 0.15) is 6.04 Å². The fourth-order valence-electron chi connectivity index (χ4n) is 1.27. The average molecular weight is 229 g/mol. The van der Waals surface area contributed by atoms with Gasteiger partial charge in [-0.25, -0.2) is 0 Å². The Balaban J connectivity index is 4.13. The quantitative estimate of drug-likeness (QED) is 0.507. The van der Waals surface area contributed by atoms with Crippen molar-refractivity contribution in [2.75, 3.05) is 0 Å². The molecule has 0 spiro atoms. The van der Waals surface area contributed by atoms with Crippen LogP contribution in [0, 0.1) is 5.92 Å². The monoisotopic (exact) mass is 229 g/mol. The minimum atomic E-state index is -0.637. The van der Waals surface area contributed by atoms with E-state index in [4.69, 9.17) is 10.5 Å². The van der Waals surface area contributed by atoms with Crippen LogP contribution in [0.5, 0.6) is 0 Å². The molecule has 0 aromatic heterocycles. The SMILES string of the molecule is CCCCC(C=O)OC(=O)[C@@H](N)[C@@H](C)CC. The van der Waals surface area contributed by atoms with Crippen molar-refractivity contribution in [2.45, 2.75) is 58.6 Å². The van der Waals surface area contributed by atoms with Gasteiger partial charge in [-0.1, -0.05) is 33.6 Å². The van der Waals surface area contributed by atoms with Crippen LogP contribution in [0.25, 0.3) is 0 Å². The van der Waals surface area contributed by atoms with Crippen molar-refractivity contribution in [1.82, 2.24) is 0 Å². The molecule has 0 saturated heterocycles. The number of rotatable bonds is 8. The second-order valence-corrected chi connectivity index (χ2v) is 4.16. The molecule has 0 fully saturated rings. The van der Waals surface area contributed by atoms with Gasteiger partial charge in [0.05, 0.1) is 0 Å². The molecule has 3 atom stereocenters. The van der Waals surface area contributed by atoms with Crippen molar-refractivity contribution in [1.29, 1.82) is 0 Å². The number of esters is 1. The van der Waals surface area contributed by atoms with Gasteiger partial charge in [-0.15, -0.1) is 0 Å². The molecule has 4 nitrogen and oxygen atoms in total. The van der Waals surface area contributed by atoms with Crippen molar-refractivity contribution < 1.29 is 14.3 Å². The summed E-state index contributed by atoms with van der Waals surface area (Å²) in [5, 5.41) is 0. The first-order valence-electron chi connectivity index (χ1n) is 5.98. The molecule has 4 heteroatoms. The third-order valence-electron chi connectivity index (χ3n) is 2.79. The second kappa shape index (κ2) is 8.28. The molecule has 0 aromatic rings. The van der Waals surface area contributed by atoms with E-state index in [1.807, 2.05) is 20.8 Å². The molecule has 16 heavy (non-hydrogen) atoms. The Hall–Kier alpha value is -0.900. The predicted octanol–water partition coefficient (Wildman–Crippen LogP) is 1.66. The zero-order valence-electron chi connectivity index (χ0n) is 10.4. The second-order valence-electron chi connectivity index (χ2n) is 4.16. The highest BCUT2D eigenvalue weighted by molar-refractivity contribution is 5.77. The number of unbranched alkanes of at least 4 members (excludes halogenated alkanes) is 1. The van der Waals surface area contributed by atoms with Crippen molar-refractivity contribution in [3.8, 4) is 0 Å². The van der Waals surface area contributed by atoms with Gasteiger partial charge in [-0.3, -0.25) is 9.59 Å². The number of aldehydes is 1. The average Bonchev–Trinajstić information content (AvgIpc) is 2.31. The van der Waals surface area contributed by atoms with Crippen LogP contribution in [-0.2, 0) is 14.3 Å². The van der Waals surface area contributed by atoms with Crippen LogP contribution in [0.3, 0.4) is 0 Å². The van der Waals surface area contributed by atoms with Gasteiger partial charge in [-0.05, 0) is 18.8 Å². The van der Waals surface area contributed by atoms with E-state index >= 15 is 0 Å². The van der Waals surface area contributed by atoms with E-state index in [1.54, 1.807) is 0 Å². The Morgan fingerprint density at radius 1 is 1.44 bits per heavy atom. The van der Waals surface area contributed by atoms with Gasteiger partial charge in [0.2, 0.25) is 0 Å². The highest BCUT2D eigenvalue weighted by atomic mass is 16.5. The molecular weight excluding hydrogens is 206 g/mol. The zero-order chi connectivity index (χ0) is 12.6. The molecule has 0 saturated carbocycles. The Bertz CT molecular complexity index is 218. The molecule has 0 bridgehead atoms. The van der Waals surface area contributed by atoms with E-state index in [2.05, 4.69) is 0 Å². The molecular formula is C12H23NO3. The van der Waals surface area contributed by atoms with E-state index < -0.39 is 18.1 Å². The summed E-state index contributed by atoms with van der Waals surface area (Å²) < 4.78 is 5.05. The fraction of sp³-hybridized carbons (Fsp3) is 0.833. The summed E-state index contributed by atoms with van der Waals surface area (Å²) in [5.41, 5.74) is 5.71. The first-order valence-corrected chi connectivity index (χ1v) is 5.98. The van der Waals surface area contributed by atoms with E-state index in [0.29, 0.717) is 12.7 Å². The van der Waals surface area contributed by atoms with Crippen molar-refractivity contribution in [2.24, 2.45) is 11.7 Å². The van der Waals surface area contributed by atoms with Gasteiger partial charge < -0.3 is 10.5 Å². The topological polar surface area (TPSA) is 69.4 Å². The van der Waals surface area contributed by atoms with Crippen molar-refractivity contribution in [3.05, 3.63) is 0 Å². The minimum Gasteiger partial charge on any atom is -0.454 e. The number of ether oxygens (including phenoxy) is 1. The first-order chi connectivity index (χ1) is 7.56. The van der Waals surface area contributed by atoms with E-state index in [-0.39, 0.29) is 5.92 Å². The summed E-state index contributed by atoms with van der Waals surface area (Å²) in [6, 6.07) is -0.630. The molecule has 0 aromatic carbocycles. The molecule has 0 rings (SSSR count). The molecule has 0 amide bonds. The van der Waals surface area contributed by atoms with Crippen LogP contribution in [-0.4, -0.2) is 24.4 Å². The van der Waals surface area contributed by atoms with Crippen molar-refractivity contribution >= 4 is 12.3 Å². The van der Waals surface area contributed by atoms with Crippen LogP contribution in [0.2, 0.25) is 0 Å². The van der Waals surface area contributed by atoms with Gasteiger partial charge in [0.25, 0.3) is 0 Å². The molecule has 0 aliphatic rings. The van der Waals surface area contributed by atoms with E-state index in [0.717, 1.165) is 19.3 Å². The van der Waals surface area contributed by atoms with Crippen LogP contribution < -0.4 is 5.73 Å². The maximum absolute atomic E-state index is 11.6. The molecule has 94 valence electrons. The standard InChI is InChI=1S/C12H23NO3/c1-4-6-7-10(8-14)16-12(15)11(13)9(3)5-2/h8-11H,4-7,13H2,1-3H3/t9-,10?,11-/m0/s1. The van der Waals surface area contributed by atoms with Gasteiger partial charge in [-0.2, -0.15) is 0 Å². The van der Waals surface area contributed by atoms with Gasteiger partial charge in [0.15, 0.2) is 12.4 Å². The molecule has 0 aliphatic heterocycles. The highest BCUT2D eigenvalue weighted by Crippen LogP contribution is 2.09. The lowest BCUT2D eigenvalue weighted by Crippen LogP contribution is -2.40. The minimum absolute atomic E-state index is 0.0750. The van der Waals surface area contributed by atoms with Gasteiger partial charge in [0, 0.05) is 0 Å². The zero-order valence-corrected chi connectivity index (χ0v) is 10.4. The largest absolute Gasteiger partial charge is 0.454 e. The lowest BCUT2D eigenvalue weighted by molar-refractivity contribution is -0.154. The Labute approximate surface area is 97.5 Å². The summed E-state index contributed by atoms with van der Waals surface area (Å²) in [6.45, 7) is 5.88. The summed E-state index contributed by atoms with van der Waals surface area (Å²) in [6.07, 6.45) is 3.28. The number of hydrogen-bond acceptors (Lipinski definition) is 4. The highest BCUT2D eigenvalue weighted by Gasteiger charge is 2.23. The number of nitrogens with two attached hydrogens (primary N) is 1. The predicted molar refractivity (Wildman–Crippen MR) is 62.9 cm³/mol. The smallest absolute Gasteiger partial charge is 0.323 e. The summed E-state index contributed by atoms with van der Waals surface area (Å²) in [4.78, 5) is 22.3. The van der Waals surface area contributed by atoms with Crippen LogP contribution in [0.4, 0.5) is 0 Å². The Morgan fingerprint density at radius 2 is 2.06 bits per heavy atom. The van der Waals surface area contributed by atoms with Crippen LogP contribution >= 0.6 is 0 Å². The normalized spacial score (nSPS) is 16.2. The number of carbonyl (C=O) groups excluding carboxylic acids is 2. The maximum atomic E-state index is 11.6. The first kappa shape index (κ1) is 15.1. The third kappa shape index (κ3) is 5.26.